The number of hydrogen-bond acceptors (Lipinski definition) is 2. The van der Waals surface area contributed by atoms with Crippen molar-refractivity contribution in [1.82, 2.24) is 0 Å². The van der Waals surface area contributed by atoms with Crippen LogP contribution in [0, 0.1) is 34.0 Å². The summed E-state index contributed by atoms with van der Waals surface area (Å²) in [6, 6.07) is 0. The van der Waals surface area contributed by atoms with Gasteiger partial charge in [-0.15, -0.1) is 0 Å². The SMILES string of the molecule is CC(C)C1C=C2C(=O)C[C@]3(C)C(C)(C)C(=O)CC[C@@]3(C)[C@@H]2CC1. The van der Waals surface area contributed by atoms with Crippen molar-refractivity contribution in [3.05, 3.63) is 11.6 Å². The summed E-state index contributed by atoms with van der Waals surface area (Å²) in [5, 5.41) is 0. The van der Waals surface area contributed by atoms with Crippen molar-refractivity contribution in [1.29, 1.82) is 0 Å². The fraction of sp³-hybridized carbons (Fsp3) is 0.810. The lowest BCUT2D eigenvalue weighted by atomic mass is 9.38. The van der Waals surface area contributed by atoms with Crippen LogP contribution < -0.4 is 0 Å². The number of fused-ring (bicyclic) bond motifs is 3. The maximum Gasteiger partial charge on any atom is 0.159 e. The number of Topliss-reactive ketones (excluding diaryl/α,β-unsaturated/α-hetero) is 2. The molecule has 0 spiro atoms. The number of allylic oxidation sites excluding steroid dienone is 2. The van der Waals surface area contributed by atoms with Crippen molar-refractivity contribution in [2.45, 2.75) is 73.6 Å². The Morgan fingerprint density at radius 3 is 2.35 bits per heavy atom. The molecule has 0 saturated heterocycles. The van der Waals surface area contributed by atoms with Crippen molar-refractivity contribution in [2.75, 3.05) is 0 Å². The summed E-state index contributed by atoms with van der Waals surface area (Å²) in [7, 11) is 0. The Bertz CT molecular complexity index is 583. The van der Waals surface area contributed by atoms with Crippen molar-refractivity contribution < 1.29 is 9.59 Å². The summed E-state index contributed by atoms with van der Waals surface area (Å²) in [5.41, 5.74) is 0.529. The molecule has 4 atom stereocenters. The van der Waals surface area contributed by atoms with Gasteiger partial charge >= 0.3 is 0 Å². The van der Waals surface area contributed by atoms with Crippen molar-refractivity contribution >= 4 is 11.6 Å². The first-order valence-corrected chi connectivity index (χ1v) is 9.33. The topological polar surface area (TPSA) is 34.1 Å². The van der Waals surface area contributed by atoms with E-state index in [1.165, 1.54) is 6.42 Å². The summed E-state index contributed by atoms with van der Waals surface area (Å²) in [6.45, 7) is 13.2. The Labute approximate surface area is 141 Å². The van der Waals surface area contributed by atoms with Gasteiger partial charge in [-0.3, -0.25) is 9.59 Å². The molecule has 0 aromatic rings. The average molecular weight is 316 g/mol. The van der Waals surface area contributed by atoms with E-state index >= 15 is 0 Å². The zero-order valence-electron chi connectivity index (χ0n) is 15.7. The minimum absolute atomic E-state index is 0.0616. The summed E-state index contributed by atoms with van der Waals surface area (Å²) in [6.07, 6.45) is 6.73. The van der Waals surface area contributed by atoms with Gasteiger partial charge in [0.25, 0.3) is 0 Å². The van der Waals surface area contributed by atoms with Gasteiger partial charge in [-0.2, -0.15) is 0 Å². The van der Waals surface area contributed by atoms with E-state index in [9.17, 15) is 9.59 Å². The van der Waals surface area contributed by atoms with E-state index in [1.54, 1.807) is 0 Å². The van der Waals surface area contributed by atoms with Gasteiger partial charge in [0.15, 0.2) is 5.78 Å². The first-order valence-electron chi connectivity index (χ1n) is 9.33. The molecule has 0 aromatic carbocycles. The highest BCUT2D eigenvalue weighted by molar-refractivity contribution is 5.99. The monoisotopic (exact) mass is 316 g/mol. The second-order valence-corrected chi connectivity index (χ2v) is 9.56. The van der Waals surface area contributed by atoms with Crippen LogP contribution in [0.1, 0.15) is 73.6 Å². The fourth-order valence-electron chi connectivity index (χ4n) is 5.81. The van der Waals surface area contributed by atoms with Gasteiger partial charge < -0.3 is 0 Å². The Morgan fingerprint density at radius 1 is 1.09 bits per heavy atom. The first-order chi connectivity index (χ1) is 10.5. The van der Waals surface area contributed by atoms with Crippen molar-refractivity contribution in [3.63, 3.8) is 0 Å². The summed E-state index contributed by atoms with van der Waals surface area (Å²) in [4.78, 5) is 25.6. The van der Waals surface area contributed by atoms with E-state index in [-0.39, 0.29) is 10.8 Å². The maximum absolute atomic E-state index is 13.0. The molecule has 0 N–H and O–H groups in total. The molecule has 0 heterocycles. The number of rotatable bonds is 1. The van der Waals surface area contributed by atoms with E-state index in [4.69, 9.17) is 0 Å². The molecule has 128 valence electrons. The van der Waals surface area contributed by atoms with E-state index in [2.05, 4.69) is 47.6 Å². The summed E-state index contributed by atoms with van der Waals surface area (Å²) < 4.78 is 0. The summed E-state index contributed by atoms with van der Waals surface area (Å²) >= 11 is 0. The van der Waals surface area contributed by atoms with Crippen molar-refractivity contribution in [2.24, 2.45) is 34.0 Å². The molecule has 3 aliphatic carbocycles. The maximum atomic E-state index is 13.0. The number of carbonyl (C=O) groups excluding carboxylic acids is 2. The number of ketones is 2. The van der Waals surface area contributed by atoms with Crippen LogP contribution in [0.25, 0.3) is 0 Å². The van der Waals surface area contributed by atoms with Crippen LogP contribution in [0.4, 0.5) is 0 Å². The molecule has 3 rings (SSSR count). The average Bonchev–Trinajstić information content (AvgIpc) is 2.48. The van der Waals surface area contributed by atoms with E-state index in [1.807, 2.05) is 0 Å². The molecule has 23 heavy (non-hydrogen) atoms. The molecule has 2 heteroatoms. The minimum Gasteiger partial charge on any atom is -0.299 e. The van der Waals surface area contributed by atoms with Gasteiger partial charge in [0.05, 0.1) is 0 Å². The van der Waals surface area contributed by atoms with Crippen LogP contribution in [-0.2, 0) is 9.59 Å². The third-order valence-corrected chi connectivity index (χ3v) is 8.23. The van der Waals surface area contributed by atoms with Gasteiger partial charge in [-0.05, 0) is 53.4 Å². The normalized spacial score (nSPS) is 43.0. The molecule has 0 bridgehead atoms. The third kappa shape index (κ3) is 2.06. The Morgan fingerprint density at radius 2 is 1.74 bits per heavy atom. The lowest BCUT2D eigenvalue weighted by molar-refractivity contribution is -0.170. The number of carbonyl (C=O) groups is 2. The van der Waals surface area contributed by atoms with Gasteiger partial charge in [0.1, 0.15) is 5.78 Å². The zero-order chi connectivity index (χ0) is 17.2. The predicted molar refractivity (Wildman–Crippen MR) is 93.0 cm³/mol. The molecular weight excluding hydrogens is 284 g/mol. The quantitative estimate of drug-likeness (QED) is 0.684. The summed E-state index contributed by atoms with van der Waals surface area (Å²) in [5.74, 6) is 2.13. The highest BCUT2D eigenvalue weighted by Gasteiger charge is 2.65. The standard InChI is InChI=1S/C21H32O2/c1-13(2)14-7-8-16-15(11-14)17(22)12-21(6)19(3,4)18(23)9-10-20(16,21)5/h11,13-14,16H,7-10,12H2,1-6H3/t14?,16-,20+,21-/m1/s1. The van der Waals surface area contributed by atoms with Crippen LogP contribution in [0.3, 0.4) is 0 Å². The van der Waals surface area contributed by atoms with E-state index < -0.39 is 5.41 Å². The predicted octanol–water partition coefficient (Wildman–Crippen LogP) is 4.97. The third-order valence-electron chi connectivity index (χ3n) is 8.23. The molecule has 1 unspecified atom stereocenters. The first kappa shape index (κ1) is 16.9. The zero-order valence-corrected chi connectivity index (χ0v) is 15.7. The molecule has 0 amide bonds. The van der Waals surface area contributed by atoms with Crippen LogP contribution in [0.2, 0.25) is 0 Å². The minimum atomic E-state index is -0.407. The molecular formula is C21H32O2. The molecule has 0 aliphatic heterocycles. The molecule has 3 aliphatic rings. The van der Waals surface area contributed by atoms with Gasteiger partial charge in [-0.1, -0.05) is 47.6 Å². The van der Waals surface area contributed by atoms with Crippen LogP contribution in [-0.4, -0.2) is 11.6 Å². The highest BCUT2D eigenvalue weighted by atomic mass is 16.1. The lowest BCUT2D eigenvalue weighted by Crippen LogP contribution is -2.62. The van der Waals surface area contributed by atoms with Crippen molar-refractivity contribution in [3.8, 4) is 0 Å². The smallest absolute Gasteiger partial charge is 0.159 e. The van der Waals surface area contributed by atoms with Crippen LogP contribution >= 0.6 is 0 Å². The van der Waals surface area contributed by atoms with E-state index in [0.717, 1.165) is 18.4 Å². The van der Waals surface area contributed by atoms with E-state index in [0.29, 0.717) is 42.2 Å². The largest absolute Gasteiger partial charge is 0.299 e. The highest BCUT2D eigenvalue weighted by Crippen LogP contribution is 2.68. The molecule has 2 nitrogen and oxygen atoms in total. The van der Waals surface area contributed by atoms with Crippen LogP contribution in [0.5, 0.6) is 0 Å². The lowest BCUT2D eigenvalue weighted by Gasteiger charge is -2.64. The Hall–Kier alpha value is -0.920. The Kier molecular flexibility index (Phi) is 3.71. The van der Waals surface area contributed by atoms with Gasteiger partial charge in [0.2, 0.25) is 0 Å². The second kappa shape index (κ2) is 5.04. The van der Waals surface area contributed by atoms with Gasteiger partial charge in [-0.25, -0.2) is 0 Å². The Balaban J connectivity index is 2.09. The molecule has 0 radical (unpaired) electrons. The molecule has 2 fully saturated rings. The molecule has 0 aromatic heterocycles. The van der Waals surface area contributed by atoms with Gasteiger partial charge in [0, 0.05) is 18.3 Å². The fourth-order valence-corrected chi connectivity index (χ4v) is 5.81. The number of hydrogen-bond donors (Lipinski definition) is 0. The second-order valence-electron chi connectivity index (χ2n) is 9.56. The molecule has 2 saturated carbocycles. The van der Waals surface area contributed by atoms with Crippen LogP contribution in [0.15, 0.2) is 11.6 Å².